The van der Waals surface area contributed by atoms with E-state index in [9.17, 15) is 12.8 Å². The van der Waals surface area contributed by atoms with Crippen LogP contribution in [0.2, 0.25) is 0 Å². The molecule has 2 N–H and O–H groups in total. The molecule has 96 valence electrons. The minimum atomic E-state index is -3.68. The summed E-state index contributed by atoms with van der Waals surface area (Å²) in [7, 11) is -2.24. The molecular weight excluding hydrogens is 243 g/mol. The van der Waals surface area contributed by atoms with Crippen LogP contribution in [0.15, 0.2) is 23.1 Å². The molecule has 0 radical (unpaired) electrons. The average molecular weight is 260 g/mol. The summed E-state index contributed by atoms with van der Waals surface area (Å²) in [6, 6.07) is 3.41. The number of halogens is 1. The van der Waals surface area contributed by atoms with Crippen molar-refractivity contribution in [3.8, 4) is 0 Å². The lowest BCUT2D eigenvalue weighted by atomic mass is 10.2. The Morgan fingerprint density at radius 3 is 2.47 bits per heavy atom. The van der Waals surface area contributed by atoms with E-state index in [0.717, 1.165) is 10.4 Å². The van der Waals surface area contributed by atoms with Crippen molar-refractivity contribution in [3.05, 3.63) is 29.6 Å². The van der Waals surface area contributed by atoms with E-state index in [-0.39, 0.29) is 17.5 Å². The first-order chi connectivity index (χ1) is 7.78. The van der Waals surface area contributed by atoms with E-state index < -0.39 is 15.8 Å². The predicted octanol–water partition coefficient (Wildman–Crippen LogP) is 1.10. The van der Waals surface area contributed by atoms with Gasteiger partial charge < -0.3 is 5.73 Å². The van der Waals surface area contributed by atoms with E-state index in [0.29, 0.717) is 5.56 Å². The van der Waals surface area contributed by atoms with Gasteiger partial charge in [-0.2, -0.15) is 4.31 Å². The van der Waals surface area contributed by atoms with E-state index in [1.807, 2.05) is 0 Å². The molecule has 1 atom stereocenters. The molecule has 0 fully saturated rings. The van der Waals surface area contributed by atoms with Gasteiger partial charge in [-0.1, -0.05) is 0 Å². The Kier molecular flexibility index (Phi) is 4.24. The molecule has 0 bridgehead atoms. The second kappa shape index (κ2) is 5.12. The van der Waals surface area contributed by atoms with Gasteiger partial charge in [0.25, 0.3) is 0 Å². The first kappa shape index (κ1) is 14.1. The summed E-state index contributed by atoms with van der Waals surface area (Å²) in [5.41, 5.74) is 5.99. The molecule has 0 saturated carbocycles. The molecule has 1 unspecified atom stereocenters. The minimum Gasteiger partial charge on any atom is -0.329 e. The Hall–Kier alpha value is -0.980. The molecule has 0 aliphatic carbocycles. The van der Waals surface area contributed by atoms with Gasteiger partial charge in [0.2, 0.25) is 10.0 Å². The maximum Gasteiger partial charge on any atom is 0.243 e. The molecule has 0 aromatic heterocycles. The zero-order valence-electron chi connectivity index (χ0n) is 10.1. The van der Waals surface area contributed by atoms with E-state index in [4.69, 9.17) is 5.73 Å². The molecule has 1 aromatic carbocycles. The lowest BCUT2D eigenvalue weighted by molar-refractivity contribution is 0.394. The molecule has 17 heavy (non-hydrogen) atoms. The second-order valence-electron chi connectivity index (χ2n) is 4.07. The first-order valence-electron chi connectivity index (χ1n) is 5.24. The molecule has 0 aliphatic heterocycles. The Morgan fingerprint density at radius 1 is 1.41 bits per heavy atom. The van der Waals surface area contributed by atoms with Crippen LogP contribution >= 0.6 is 0 Å². The van der Waals surface area contributed by atoms with E-state index in [1.54, 1.807) is 13.8 Å². The number of rotatable bonds is 4. The third-order valence-electron chi connectivity index (χ3n) is 2.65. The summed E-state index contributed by atoms with van der Waals surface area (Å²) in [4.78, 5) is -0.0437. The molecule has 4 nitrogen and oxygen atoms in total. The highest BCUT2D eigenvalue weighted by atomic mass is 32.2. The Morgan fingerprint density at radius 2 is 2.00 bits per heavy atom. The first-order valence-corrected chi connectivity index (χ1v) is 6.68. The number of likely N-dealkylation sites (N-methyl/N-ethyl adjacent to an activating group) is 1. The second-order valence-corrected chi connectivity index (χ2v) is 6.07. The fraction of sp³-hybridized carbons (Fsp3) is 0.455. The van der Waals surface area contributed by atoms with Crippen LogP contribution in [0.4, 0.5) is 4.39 Å². The number of sulfonamides is 1. The van der Waals surface area contributed by atoms with Gasteiger partial charge in [-0.15, -0.1) is 0 Å². The zero-order chi connectivity index (χ0) is 13.2. The third kappa shape index (κ3) is 3.02. The lowest BCUT2D eigenvalue weighted by Crippen LogP contribution is -2.39. The van der Waals surface area contributed by atoms with Crippen LogP contribution in [0.1, 0.15) is 12.5 Å². The van der Waals surface area contributed by atoms with Crippen molar-refractivity contribution in [2.45, 2.75) is 24.8 Å². The summed E-state index contributed by atoms with van der Waals surface area (Å²) >= 11 is 0. The molecule has 0 amide bonds. The lowest BCUT2D eigenvalue weighted by Gasteiger charge is -2.23. The fourth-order valence-corrected chi connectivity index (χ4v) is 2.89. The van der Waals surface area contributed by atoms with Crippen LogP contribution in [0.25, 0.3) is 0 Å². The molecule has 6 heteroatoms. The number of nitrogens with two attached hydrogens (primary N) is 1. The summed E-state index contributed by atoms with van der Waals surface area (Å²) in [5, 5.41) is 0. The van der Waals surface area contributed by atoms with Crippen LogP contribution in [0.3, 0.4) is 0 Å². The van der Waals surface area contributed by atoms with Crippen LogP contribution in [-0.2, 0) is 10.0 Å². The quantitative estimate of drug-likeness (QED) is 0.881. The smallest absolute Gasteiger partial charge is 0.243 e. The molecule has 1 aromatic rings. The van der Waals surface area contributed by atoms with Crippen molar-refractivity contribution >= 4 is 10.0 Å². The Balaban J connectivity index is 3.22. The van der Waals surface area contributed by atoms with Crippen LogP contribution < -0.4 is 5.73 Å². The molecule has 0 aliphatic rings. The van der Waals surface area contributed by atoms with Gasteiger partial charge in [-0.25, -0.2) is 12.8 Å². The monoisotopic (exact) mass is 260 g/mol. The molecule has 0 spiro atoms. The van der Waals surface area contributed by atoms with Crippen LogP contribution in [0.5, 0.6) is 0 Å². The van der Waals surface area contributed by atoms with Gasteiger partial charge >= 0.3 is 0 Å². The predicted molar refractivity (Wildman–Crippen MR) is 64.6 cm³/mol. The van der Waals surface area contributed by atoms with Gasteiger partial charge in [-0.3, -0.25) is 0 Å². The van der Waals surface area contributed by atoms with Gasteiger partial charge in [0.15, 0.2) is 0 Å². The van der Waals surface area contributed by atoms with E-state index in [1.165, 1.54) is 19.2 Å². The van der Waals surface area contributed by atoms with Crippen molar-refractivity contribution in [2.24, 2.45) is 5.73 Å². The van der Waals surface area contributed by atoms with Crippen molar-refractivity contribution in [2.75, 3.05) is 13.6 Å². The number of hydrogen-bond donors (Lipinski definition) is 1. The summed E-state index contributed by atoms with van der Waals surface area (Å²) < 4.78 is 38.6. The van der Waals surface area contributed by atoms with E-state index in [2.05, 4.69) is 0 Å². The van der Waals surface area contributed by atoms with Crippen LogP contribution in [0, 0.1) is 12.7 Å². The SMILES string of the molecule is Cc1cc(F)cc(S(=O)(=O)N(C)C(C)CN)c1. The van der Waals surface area contributed by atoms with Crippen LogP contribution in [-0.4, -0.2) is 32.4 Å². The van der Waals surface area contributed by atoms with Gasteiger partial charge in [-0.05, 0) is 37.6 Å². The molecule has 0 saturated heterocycles. The van der Waals surface area contributed by atoms with Crippen molar-refractivity contribution in [1.29, 1.82) is 0 Å². The maximum atomic E-state index is 13.2. The molecule has 1 rings (SSSR count). The fourth-order valence-electron chi connectivity index (χ4n) is 1.40. The summed E-state index contributed by atoms with van der Waals surface area (Å²) in [5.74, 6) is -0.558. The largest absolute Gasteiger partial charge is 0.329 e. The Labute approximate surface area is 101 Å². The topological polar surface area (TPSA) is 63.4 Å². The number of benzene rings is 1. The number of hydrogen-bond acceptors (Lipinski definition) is 3. The summed E-state index contributed by atoms with van der Waals surface area (Å²) in [6.45, 7) is 3.56. The maximum absolute atomic E-state index is 13.2. The van der Waals surface area contributed by atoms with Crippen molar-refractivity contribution in [3.63, 3.8) is 0 Å². The zero-order valence-corrected chi connectivity index (χ0v) is 11.0. The highest BCUT2D eigenvalue weighted by Gasteiger charge is 2.25. The molecule has 0 heterocycles. The van der Waals surface area contributed by atoms with Gasteiger partial charge in [0, 0.05) is 19.6 Å². The van der Waals surface area contributed by atoms with Gasteiger partial charge in [0.05, 0.1) is 4.90 Å². The average Bonchev–Trinajstić information content (AvgIpc) is 2.25. The minimum absolute atomic E-state index is 0.0437. The highest BCUT2D eigenvalue weighted by molar-refractivity contribution is 7.89. The Bertz CT molecular complexity index is 482. The summed E-state index contributed by atoms with van der Waals surface area (Å²) in [6.07, 6.45) is 0. The van der Waals surface area contributed by atoms with Gasteiger partial charge in [0.1, 0.15) is 5.82 Å². The van der Waals surface area contributed by atoms with E-state index >= 15 is 0 Å². The number of nitrogens with zero attached hydrogens (tertiary/aromatic N) is 1. The standard InChI is InChI=1S/C11H17FN2O2S/c1-8-4-10(12)6-11(5-8)17(15,16)14(3)9(2)7-13/h4-6,9H,7,13H2,1-3H3. The highest BCUT2D eigenvalue weighted by Crippen LogP contribution is 2.19. The molecular formula is C11H17FN2O2S. The third-order valence-corrected chi connectivity index (χ3v) is 4.60. The van der Waals surface area contributed by atoms with Crippen molar-refractivity contribution < 1.29 is 12.8 Å². The van der Waals surface area contributed by atoms with Crippen molar-refractivity contribution in [1.82, 2.24) is 4.31 Å². The normalized spacial score (nSPS) is 14.0. The number of aryl methyl sites for hydroxylation is 1.